The van der Waals surface area contributed by atoms with Crippen LogP contribution in [0.25, 0.3) is 0 Å². The summed E-state index contributed by atoms with van der Waals surface area (Å²) >= 11 is 0. The molecule has 0 fully saturated rings. The summed E-state index contributed by atoms with van der Waals surface area (Å²) in [6.45, 7) is 2.06. The Labute approximate surface area is 112 Å². The monoisotopic (exact) mass is 253 g/mol. The van der Waals surface area contributed by atoms with Crippen LogP contribution < -0.4 is 10.2 Å². The van der Waals surface area contributed by atoms with Gasteiger partial charge >= 0.3 is 6.03 Å². The zero-order valence-corrected chi connectivity index (χ0v) is 10.7. The first-order valence-electron chi connectivity index (χ1n) is 6.34. The third-order valence-electron chi connectivity index (χ3n) is 3.36. The maximum Gasteiger partial charge on any atom is 0.326 e. The van der Waals surface area contributed by atoms with Crippen molar-refractivity contribution in [2.75, 3.05) is 10.2 Å². The molecule has 2 aromatic rings. The summed E-state index contributed by atoms with van der Waals surface area (Å²) in [5.41, 5.74) is 2.98. The Hall–Kier alpha value is -2.36. The fourth-order valence-corrected chi connectivity index (χ4v) is 2.49. The van der Waals surface area contributed by atoms with Crippen LogP contribution in [0.1, 0.15) is 12.5 Å². The van der Waals surface area contributed by atoms with Gasteiger partial charge in [-0.15, -0.1) is 0 Å². The van der Waals surface area contributed by atoms with E-state index in [0.717, 1.165) is 17.8 Å². The number of para-hydroxylation sites is 1. The number of anilines is 2. The van der Waals surface area contributed by atoms with Crippen molar-refractivity contribution in [1.82, 2.24) is 4.98 Å². The zero-order valence-electron chi connectivity index (χ0n) is 10.7. The van der Waals surface area contributed by atoms with Crippen LogP contribution in [-0.2, 0) is 6.42 Å². The number of nitrogens with zero attached hydrogens (tertiary/aromatic N) is 2. The van der Waals surface area contributed by atoms with Gasteiger partial charge in [0, 0.05) is 29.8 Å². The van der Waals surface area contributed by atoms with E-state index in [4.69, 9.17) is 0 Å². The molecule has 0 saturated carbocycles. The Balaban J connectivity index is 1.84. The van der Waals surface area contributed by atoms with Crippen molar-refractivity contribution < 1.29 is 4.79 Å². The van der Waals surface area contributed by atoms with Crippen LogP contribution in [-0.4, -0.2) is 17.1 Å². The highest BCUT2D eigenvalue weighted by molar-refractivity contribution is 6.03. The first kappa shape index (κ1) is 11.7. The topological polar surface area (TPSA) is 45.2 Å². The standard InChI is InChI=1S/C15H15N3O/c1-11-10-12-4-2-3-5-14(12)18(11)15(19)17-13-6-8-16-9-7-13/h2-9,11H,10H2,1H3,(H,16,17,19). The van der Waals surface area contributed by atoms with Gasteiger partial charge in [-0.1, -0.05) is 18.2 Å². The number of carbonyl (C=O) groups is 1. The number of pyridine rings is 1. The molecule has 1 unspecified atom stereocenters. The Kier molecular flexibility index (Phi) is 2.91. The van der Waals surface area contributed by atoms with Crippen molar-refractivity contribution in [2.24, 2.45) is 0 Å². The molecule has 1 N–H and O–H groups in total. The largest absolute Gasteiger partial charge is 0.326 e. The summed E-state index contributed by atoms with van der Waals surface area (Å²) in [6, 6.07) is 11.7. The van der Waals surface area contributed by atoms with Crippen molar-refractivity contribution in [3.8, 4) is 0 Å². The van der Waals surface area contributed by atoms with Crippen LogP contribution in [0.2, 0.25) is 0 Å². The van der Waals surface area contributed by atoms with Crippen LogP contribution in [0.4, 0.5) is 16.2 Å². The highest BCUT2D eigenvalue weighted by atomic mass is 16.2. The van der Waals surface area contributed by atoms with E-state index in [9.17, 15) is 4.79 Å². The van der Waals surface area contributed by atoms with Gasteiger partial charge in [-0.3, -0.25) is 9.88 Å². The molecule has 0 bridgehead atoms. The van der Waals surface area contributed by atoms with E-state index >= 15 is 0 Å². The molecule has 4 nitrogen and oxygen atoms in total. The smallest absolute Gasteiger partial charge is 0.307 e. The van der Waals surface area contributed by atoms with E-state index in [-0.39, 0.29) is 12.1 Å². The van der Waals surface area contributed by atoms with Crippen LogP contribution in [0.15, 0.2) is 48.8 Å². The molecule has 1 aliphatic rings. The Bertz CT molecular complexity index is 597. The summed E-state index contributed by atoms with van der Waals surface area (Å²) in [6.07, 6.45) is 4.23. The van der Waals surface area contributed by atoms with E-state index in [2.05, 4.69) is 23.3 Å². The van der Waals surface area contributed by atoms with Crippen LogP contribution in [0.3, 0.4) is 0 Å². The Morgan fingerprint density at radius 3 is 2.79 bits per heavy atom. The predicted octanol–water partition coefficient (Wildman–Crippen LogP) is 3.06. The molecular weight excluding hydrogens is 238 g/mol. The van der Waals surface area contributed by atoms with Crippen molar-refractivity contribution in [3.63, 3.8) is 0 Å². The van der Waals surface area contributed by atoms with Crippen LogP contribution in [0.5, 0.6) is 0 Å². The summed E-state index contributed by atoms with van der Waals surface area (Å²) in [5, 5.41) is 2.90. The number of hydrogen-bond acceptors (Lipinski definition) is 2. The zero-order chi connectivity index (χ0) is 13.2. The van der Waals surface area contributed by atoms with Crippen molar-refractivity contribution in [3.05, 3.63) is 54.4 Å². The van der Waals surface area contributed by atoms with Crippen molar-refractivity contribution in [2.45, 2.75) is 19.4 Å². The number of benzene rings is 1. The summed E-state index contributed by atoms with van der Waals surface area (Å²) in [4.78, 5) is 18.1. The normalized spacial score (nSPS) is 17.1. The molecule has 1 aromatic heterocycles. The first-order valence-corrected chi connectivity index (χ1v) is 6.34. The van der Waals surface area contributed by atoms with Crippen LogP contribution in [0, 0.1) is 0 Å². The van der Waals surface area contributed by atoms with Gasteiger partial charge in [-0.2, -0.15) is 0 Å². The fourth-order valence-electron chi connectivity index (χ4n) is 2.49. The number of aromatic nitrogens is 1. The summed E-state index contributed by atoms with van der Waals surface area (Å²) < 4.78 is 0. The molecule has 3 rings (SSSR count). The summed E-state index contributed by atoms with van der Waals surface area (Å²) in [5.74, 6) is 0. The lowest BCUT2D eigenvalue weighted by Gasteiger charge is -2.23. The lowest BCUT2D eigenvalue weighted by molar-refractivity contribution is 0.256. The van der Waals surface area contributed by atoms with Gasteiger partial charge in [0.1, 0.15) is 0 Å². The first-order chi connectivity index (χ1) is 9.25. The molecule has 19 heavy (non-hydrogen) atoms. The lowest BCUT2D eigenvalue weighted by Crippen LogP contribution is -2.39. The van der Waals surface area contributed by atoms with Crippen LogP contribution >= 0.6 is 0 Å². The maximum absolute atomic E-state index is 12.4. The molecule has 2 amide bonds. The Morgan fingerprint density at radius 1 is 1.26 bits per heavy atom. The van der Waals surface area contributed by atoms with Gasteiger partial charge < -0.3 is 5.32 Å². The van der Waals surface area contributed by atoms with Crippen molar-refractivity contribution >= 4 is 17.4 Å². The quantitative estimate of drug-likeness (QED) is 0.849. The summed E-state index contributed by atoms with van der Waals surface area (Å²) in [7, 11) is 0. The van der Waals surface area contributed by atoms with Gasteiger partial charge in [0.2, 0.25) is 0 Å². The third kappa shape index (κ3) is 2.17. The second-order valence-corrected chi connectivity index (χ2v) is 4.72. The van der Waals surface area contributed by atoms with E-state index < -0.39 is 0 Å². The highest BCUT2D eigenvalue weighted by Crippen LogP contribution is 2.32. The minimum Gasteiger partial charge on any atom is -0.307 e. The maximum atomic E-state index is 12.4. The number of hydrogen-bond donors (Lipinski definition) is 1. The minimum atomic E-state index is -0.0938. The second-order valence-electron chi connectivity index (χ2n) is 4.72. The molecule has 1 aliphatic heterocycles. The fraction of sp³-hybridized carbons (Fsp3) is 0.200. The molecule has 2 heterocycles. The SMILES string of the molecule is CC1Cc2ccccc2N1C(=O)Nc1ccncc1. The van der Waals surface area contributed by atoms with E-state index in [1.165, 1.54) is 5.56 Å². The molecule has 0 saturated heterocycles. The number of fused-ring (bicyclic) bond motifs is 1. The number of amides is 2. The number of urea groups is 1. The Morgan fingerprint density at radius 2 is 2.00 bits per heavy atom. The number of carbonyl (C=O) groups excluding carboxylic acids is 1. The minimum absolute atomic E-state index is 0.0938. The van der Waals surface area contributed by atoms with E-state index in [1.807, 2.05) is 23.1 Å². The predicted molar refractivity (Wildman–Crippen MR) is 75.3 cm³/mol. The highest BCUT2D eigenvalue weighted by Gasteiger charge is 2.30. The molecular formula is C15H15N3O. The van der Waals surface area contributed by atoms with Crippen molar-refractivity contribution in [1.29, 1.82) is 0 Å². The molecule has 0 radical (unpaired) electrons. The molecule has 0 spiro atoms. The second kappa shape index (κ2) is 4.72. The number of rotatable bonds is 1. The van der Waals surface area contributed by atoms with Gasteiger partial charge in [-0.05, 0) is 37.1 Å². The molecule has 0 aliphatic carbocycles. The average Bonchev–Trinajstić information content (AvgIpc) is 2.75. The molecule has 4 heteroatoms. The van der Waals surface area contributed by atoms with Gasteiger partial charge in [0.15, 0.2) is 0 Å². The van der Waals surface area contributed by atoms with Gasteiger partial charge in [0.05, 0.1) is 0 Å². The number of nitrogens with one attached hydrogen (secondary N) is 1. The molecule has 1 atom stereocenters. The van der Waals surface area contributed by atoms with Gasteiger partial charge in [-0.25, -0.2) is 4.79 Å². The van der Waals surface area contributed by atoms with E-state index in [0.29, 0.717) is 0 Å². The lowest BCUT2D eigenvalue weighted by atomic mass is 10.1. The molecule has 1 aromatic carbocycles. The van der Waals surface area contributed by atoms with E-state index in [1.54, 1.807) is 24.5 Å². The third-order valence-corrected chi connectivity index (χ3v) is 3.36. The average molecular weight is 253 g/mol. The van der Waals surface area contributed by atoms with Gasteiger partial charge in [0.25, 0.3) is 0 Å². The molecule has 96 valence electrons.